The van der Waals surface area contributed by atoms with Crippen LogP contribution in [-0.4, -0.2) is 25.5 Å². The summed E-state index contributed by atoms with van der Waals surface area (Å²) >= 11 is 0. The molecule has 0 saturated heterocycles. The highest BCUT2D eigenvalue weighted by molar-refractivity contribution is 6.05. The van der Waals surface area contributed by atoms with Crippen molar-refractivity contribution in [2.75, 3.05) is 5.32 Å². The van der Waals surface area contributed by atoms with Gasteiger partial charge in [-0.05, 0) is 19.1 Å². The van der Waals surface area contributed by atoms with E-state index in [1.54, 1.807) is 6.92 Å². The quantitative estimate of drug-likeness (QED) is 0.663. The fraction of sp³-hybridized carbons (Fsp3) is 0.167. The Morgan fingerprint density at radius 1 is 1.23 bits per heavy atom. The first-order chi connectivity index (χ1) is 10.4. The number of aromatic nitrogens is 2. The second-order valence-electron chi connectivity index (χ2n) is 4.23. The summed E-state index contributed by atoms with van der Waals surface area (Å²) in [7, 11) is 0. The Balaban J connectivity index is 2.23. The SMILES string of the molecule is CCn1cc([N+](=O)[O-])c(C(=O)Nc2ccc([N+](=O)[O-])cc2)n1. The van der Waals surface area contributed by atoms with E-state index in [0.29, 0.717) is 6.54 Å². The van der Waals surface area contributed by atoms with Gasteiger partial charge in [0.1, 0.15) is 6.20 Å². The number of anilines is 1. The van der Waals surface area contributed by atoms with Crippen LogP contribution in [0.4, 0.5) is 17.1 Å². The van der Waals surface area contributed by atoms with Crippen LogP contribution in [-0.2, 0) is 6.54 Å². The normalized spacial score (nSPS) is 10.2. The van der Waals surface area contributed by atoms with Gasteiger partial charge in [0.15, 0.2) is 0 Å². The number of rotatable bonds is 5. The van der Waals surface area contributed by atoms with Gasteiger partial charge in [-0.15, -0.1) is 0 Å². The van der Waals surface area contributed by atoms with Gasteiger partial charge in [-0.2, -0.15) is 5.10 Å². The molecule has 1 heterocycles. The molecule has 0 atom stereocenters. The van der Waals surface area contributed by atoms with Crippen LogP contribution in [0, 0.1) is 20.2 Å². The minimum atomic E-state index is -0.757. The number of non-ortho nitro benzene ring substituents is 1. The molecule has 0 aliphatic rings. The lowest BCUT2D eigenvalue weighted by atomic mass is 10.2. The van der Waals surface area contributed by atoms with E-state index in [-0.39, 0.29) is 17.1 Å². The van der Waals surface area contributed by atoms with Gasteiger partial charge < -0.3 is 5.32 Å². The van der Waals surface area contributed by atoms with Gasteiger partial charge in [0.25, 0.3) is 11.6 Å². The van der Waals surface area contributed by atoms with Crippen molar-refractivity contribution in [2.45, 2.75) is 13.5 Å². The highest BCUT2D eigenvalue weighted by Crippen LogP contribution is 2.20. The molecule has 0 bridgehead atoms. The topological polar surface area (TPSA) is 133 Å². The third-order valence-electron chi connectivity index (χ3n) is 2.81. The van der Waals surface area contributed by atoms with Crippen molar-refractivity contribution in [3.05, 3.63) is 56.4 Å². The number of nitrogens with zero attached hydrogens (tertiary/aromatic N) is 4. The van der Waals surface area contributed by atoms with Crippen molar-refractivity contribution in [1.29, 1.82) is 0 Å². The molecule has 0 unspecified atom stereocenters. The molecule has 114 valence electrons. The zero-order chi connectivity index (χ0) is 16.3. The van der Waals surface area contributed by atoms with E-state index in [9.17, 15) is 25.0 Å². The number of carbonyl (C=O) groups is 1. The molecule has 1 aromatic heterocycles. The number of hydrogen-bond donors (Lipinski definition) is 1. The smallest absolute Gasteiger partial charge is 0.320 e. The number of nitro groups is 2. The van der Waals surface area contributed by atoms with E-state index in [2.05, 4.69) is 10.4 Å². The van der Waals surface area contributed by atoms with Gasteiger partial charge in [-0.3, -0.25) is 29.7 Å². The molecule has 0 saturated carbocycles. The molecular weight excluding hydrogens is 294 g/mol. The van der Waals surface area contributed by atoms with Crippen LogP contribution >= 0.6 is 0 Å². The van der Waals surface area contributed by atoms with Crippen molar-refractivity contribution in [3.8, 4) is 0 Å². The maximum absolute atomic E-state index is 12.1. The molecule has 2 aromatic rings. The first kappa shape index (κ1) is 15.1. The molecule has 0 aliphatic heterocycles. The van der Waals surface area contributed by atoms with Crippen molar-refractivity contribution in [2.24, 2.45) is 0 Å². The Bertz CT molecular complexity index is 737. The molecular formula is C12H11N5O5. The second-order valence-corrected chi connectivity index (χ2v) is 4.23. The van der Waals surface area contributed by atoms with Crippen LogP contribution in [0.1, 0.15) is 17.4 Å². The van der Waals surface area contributed by atoms with Crippen molar-refractivity contribution >= 4 is 23.0 Å². The van der Waals surface area contributed by atoms with Crippen LogP contribution in [0.25, 0.3) is 0 Å². The van der Waals surface area contributed by atoms with Crippen LogP contribution in [0.2, 0.25) is 0 Å². The molecule has 1 aromatic carbocycles. The summed E-state index contributed by atoms with van der Waals surface area (Å²) in [4.78, 5) is 32.3. The van der Waals surface area contributed by atoms with Crippen LogP contribution in [0.15, 0.2) is 30.5 Å². The number of nitrogens with one attached hydrogen (secondary N) is 1. The summed E-state index contributed by atoms with van der Waals surface area (Å²) in [6.07, 6.45) is 1.17. The first-order valence-corrected chi connectivity index (χ1v) is 6.20. The standard InChI is InChI=1S/C12H11N5O5/c1-2-15-7-10(17(21)22)11(14-15)12(18)13-8-3-5-9(6-4-8)16(19)20/h3-7H,2H2,1H3,(H,13,18). The maximum atomic E-state index is 12.1. The van der Waals surface area contributed by atoms with E-state index in [1.807, 2.05) is 0 Å². The van der Waals surface area contributed by atoms with E-state index in [4.69, 9.17) is 0 Å². The van der Waals surface area contributed by atoms with Gasteiger partial charge in [0, 0.05) is 24.4 Å². The number of carbonyl (C=O) groups excluding carboxylic acids is 1. The van der Waals surface area contributed by atoms with E-state index >= 15 is 0 Å². The average Bonchev–Trinajstić information content (AvgIpc) is 2.92. The van der Waals surface area contributed by atoms with Crippen LogP contribution in [0.3, 0.4) is 0 Å². The number of nitro benzene ring substituents is 1. The fourth-order valence-corrected chi connectivity index (χ4v) is 1.72. The van der Waals surface area contributed by atoms with Crippen molar-refractivity contribution < 1.29 is 14.6 Å². The third kappa shape index (κ3) is 3.06. The number of amides is 1. The Hall–Kier alpha value is -3.30. The Morgan fingerprint density at radius 2 is 1.86 bits per heavy atom. The first-order valence-electron chi connectivity index (χ1n) is 6.20. The maximum Gasteiger partial charge on any atom is 0.320 e. The Morgan fingerprint density at radius 3 is 2.36 bits per heavy atom. The largest absolute Gasteiger partial charge is 0.320 e. The third-order valence-corrected chi connectivity index (χ3v) is 2.81. The minimum absolute atomic E-state index is 0.126. The van der Waals surface area contributed by atoms with E-state index < -0.39 is 21.4 Å². The van der Waals surface area contributed by atoms with Crippen LogP contribution < -0.4 is 5.32 Å². The zero-order valence-corrected chi connectivity index (χ0v) is 11.4. The van der Waals surface area contributed by atoms with E-state index in [0.717, 1.165) is 0 Å². The summed E-state index contributed by atoms with van der Waals surface area (Å²) in [6, 6.07) is 5.10. The summed E-state index contributed by atoms with van der Waals surface area (Å²) in [5.41, 5.74) is -0.568. The van der Waals surface area contributed by atoms with Gasteiger partial charge >= 0.3 is 5.69 Å². The number of aryl methyl sites for hydroxylation is 1. The van der Waals surface area contributed by atoms with Gasteiger partial charge in [-0.25, -0.2) is 0 Å². The molecule has 22 heavy (non-hydrogen) atoms. The Kier molecular flexibility index (Phi) is 4.11. The molecule has 0 radical (unpaired) electrons. The predicted octanol–water partition coefficient (Wildman–Crippen LogP) is 1.97. The summed E-state index contributed by atoms with van der Waals surface area (Å²) < 4.78 is 1.28. The molecule has 0 fully saturated rings. The van der Waals surface area contributed by atoms with Crippen molar-refractivity contribution in [1.82, 2.24) is 9.78 Å². The Labute approximate surface area is 123 Å². The highest BCUT2D eigenvalue weighted by atomic mass is 16.6. The van der Waals surface area contributed by atoms with Crippen LogP contribution in [0.5, 0.6) is 0 Å². The monoisotopic (exact) mass is 305 g/mol. The molecule has 0 aliphatic carbocycles. The second kappa shape index (κ2) is 5.99. The molecule has 2 rings (SSSR count). The lowest BCUT2D eigenvalue weighted by molar-refractivity contribution is -0.385. The number of benzene rings is 1. The molecule has 0 spiro atoms. The number of hydrogen-bond acceptors (Lipinski definition) is 6. The zero-order valence-electron chi connectivity index (χ0n) is 11.4. The van der Waals surface area contributed by atoms with Gasteiger partial charge in [0.05, 0.1) is 9.85 Å². The van der Waals surface area contributed by atoms with Gasteiger partial charge in [-0.1, -0.05) is 0 Å². The highest BCUT2D eigenvalue weighted by Gasteiger charge is 2.25. The average molecular weight is 305 g/mol. The summed E-state index contributed by atoms with van der Waals surface area (Å²) in [6.45, 7) is 2.11. The molecule has 10 nitrogen and oxygen atoms in total. The molecule has 1 N–H and O–H groups in total. The lowest BCUT2D eigenvalue weighted by Gasteiger charge is -2.02. The predicted molar refractivity (Wildman–Crippen MR) is 75.6 cm³/mol. The molecule has 1 amide bonds. The molecule has 10 heteroatoms. The minimum Gasteiger partial charge on any atom is -0.320 e. The van der Waals surface area contributed by atoms with Gasteiger partial charge in [0.2, 0.25) is 5.69 Å². The van der Waals surface area contributed by atoms with E-state index in [1.165, 1.54) is 35.1 Å². The fourth-order valence-electron chi connectivity index (χ4n) is 1.72. The lowest BCUT2D eigenvalue weighted by Crippen LogP contribution is -2.14. The summed E-state index contributed by atoms with van der Waals surface area (Å²) in [5.74, 6) is -0.757. The van der Waals surface area contributed by atoms with Crippen molar-refractivity contribution in [3.63, 3.8) is 0 Å². The summed E-state index contributed by atoms with van der Waals surface area (Å²) in [5, 5.41) is 27.7.